The Balaban J connectivity index is 1.01. The highest BCUT2D eigenvalue weighted by Gasteiger charge is 2.40. The summed E-state index contributed by atoms with van der Waals surface area (Å²) < 4.78 is 17.8. The van der Waals surface area contributed by atoms with Crippen molar-refractivity contribution >= 4 is 74.1 Å². The minimum Gasteiger partial charge on any atom is -0.455 e. The summed E-state index contributed by atoms with van der Waals surface area (Å²) in [4.78, 5) is 84.4. The van der Waals surface area contributed by atoms with Crippen LogP contribution in [0.1, 0.15) is 90.4 Å². The topological polar surface area (TPSA) is 189 Å². The number of amides is 6. The van der Waals surface area contributed by atoms with Crippen LogP contribution in [0, 0.1) is 0 Å². The van der Waals surface area contributed by atoms with Gasteiger partial charge in [-0.1, -0.05) is 60.7 Å². The third-order valence-electron chi connectivity index (χ3n) is 11.1. The smallest absolute Gasteiger partial charge is 0.408 e. The van der Waals surface area contributed by atoms with Gasteiger partial charge in [0.2, 0.25) is 11.8 Å². The lowest BCUT2D eigenvalue weighted by Gasteiger charge is -2.29. The maximum absolute atomic E-state index is 14.1. The second-order valence-corrected chi connectivity index (χ2v) is 19.2. The Labute approximate surface area is 392 Å². The number of carbonyl (C=O) groups excluding carboxylic acids is 6. The third-order valence-corrected chi connectivity index (χ3v) is 11.9. The van der Waals surface area contributed by atoms with Gasteiger partial charge in [0, 0.05) is 35.4 Å². The highest BCUT2D eigenvalue weighted by atomic mass is 79.9. The van der Waals surface area contributed by atoms with Crippen LogP contribution in [0.25, 0.3) is 22.3 Å². The summed E-state index contributed by atoms with van der Waals surface area (Å²) in [5, 5.41) is 12.1. The molecular formula is C50H55BrN6O9. The summed E-state index contributed by atoms with van der Waals surface area (Å²) in [6.45, 7) is 11.1. The van der Waals surface area contributed by atoms with Crippen LogP contribution in [-0.4, -0.2) is 82.0 Å². The monoisotopic (exact) mass is 962 g/mol. The number of furan rings is 1. The standard InChI is InChI=1S/C50H55BrN6O9/c1-49(2,3)65-47(62)54-40(30-15-9-7-10-16-30)45(60)56-27-13-19-36(56)43(58)52-33-23-21-32(22-24-33)42-39(51)35-29-34(25-26-38(35)64-42)53-44(59)37-20-14-28-57(37)46(61)41(31-17-11-8-12-18-31)55-48(63)66-50(4,5)6/h7-12,15-18,21-26,29,36-37,40-41H,13-14,19-20,27-28H2,1-6H3,(H,52,58)(H,53,59)(H,54,62)(H,55,63)/t36-,37-,40-,41-/m0/s1. The molecule has 2 fully saturated rings. The zero-order chi connectivity index (χ0) is 47.3. The molecule has 7 rings (SSSR count). The van der Waals surface area contributed by atoms with Crippen LogP contribution < -0.4 is 21.3 Å². The van der Waals surface area contributed by atoms with Gasteiger partial charge in [0.25, 0.3) is 11.8 Å². The zero-order valence-corrected chi connectivity index (χ0v) is 39.4. The van der Waals surface area contributed by atoms with Gasteiger partial charge in [0.05, 0.1) is 4.47 Å². The number of fused-ring (bicyclic) bond motifs is 1. The Hall–Kier alpha value is -6.68. The van der Waals surface area contributed by atoms with E-state index in [0.717, 1.165) is 0 Å². The maximum atomic E-state index is 14.1. The molecule has 0 spiro atoms. The van der Waals surface area contributed by atoms with Gasteiger partial charge in [-0.25, -0.2) is 9.59 Å². The Bertz CT molecular complexity index is 2590. The molecule has 5 aromatic rings. The Kier molecular flexibility index (Phi) is 14.2. The minimum absolute atomic E-state index is 0.345. The van der Waals surface area contributed by atoms with Crippen LogP contribution in [0.3, 0.4) is 0 Å². The van der Waals surface area contributed by atoms with Crippen LogP contribution in [0.15, 0.2) is 112 Å². The van der Waals surface area contributed by atoms with Gasteiger partial charge in [-0.15, -0.1) is 0 Å². The molecule has 4 aromatic carbocycles. The zero-order valence-electron chi connectivity index (χ0n) is 37.8. The van der Waals surface area contributed by atoms with Gasteiger partial charge < -0.3 is 45.0 Å². The van der Waals surface area contributed by atoms with E-state index in [2.05, 4.69) is 37.2 Å². The Morgan fingerprint density at radius 2 is 1.06 bits per heavy atom. The first-order chi connectivity index (χ1) is 31.3. The largest absolute Gasteiger partial charge is 0.455 e. The number of nitrogens with zero attached hydrogens (tertiary/aromatic N) is 2. The molecular weight excluding hydrogens is 908 g/mol. The van der Waals surface area contributed by atoms with Crippen molar-refractivity contribution in [2.24, 2.45) is 0 Å². The molecule has 0 unspecified atom stereocenters. The minimum atomic E-state index is -1.06. The number of carbonyl (C=O) groups is 6. The fourth-order valence-corrected chi connectivity index (χ4v) is 8.76. The molecule has 4 N–H and O–H groups in total. The fraction of sp³-hybridized carbons (Fsp3) is 0.360. The predicted octanol–water partition coefficient (Wildman–Crippen LogP) is 9.25. The summed E-state index contributed by atoms with van der Waals surface area (Å²) in [5.41, 5.74) is 1.88. The van der Waals surface area contributed by atoms with E-state index in [-0.39, 0.29) is 11.8 Å². The third kappa shape index (κ3) is 11.4. The second-order valence-electron chi connectivity index (χ2n) is 18.4. The molecule has 0 bridgehead atoms. The van der Waals surface area contributed by atoms with E-state index in [0.29, 0.717) is 88.0 Å². The Morgan fingerprint density at radius 1 is 0.621 bits per heavy atom. The van der Waals surface area contributed by atoms with Crippen LogP contribution in [0.4, 0.5) is 21.0 Å². The number of alkyl carbamates (subject to hydrolysis) is 2. The van der Waals surface area contributed by atoms with Crippen LogP contribution >= 0.6 is 15.9 Å². The lowest BCUT2D eigenvalue weighted by atomic mass is 10.0. The van der Waals surface area contributed by atoms with Gasteiger partial charge in [-0.05, 0) is 137 Å². The molecule has 2 aliphatic rings. The molecule has 0 radical (unpaired) electrons. The van der Waals surface area contributed by atoms with Crippen molar-refractivity contribution in [3.05, 3.63) is 119 Å². The first-order valence-corrected chi connectivity index (χ1v) is 22.8. The van der Waals surface area contributed by atoms with Gasteiger partial charge in [0.15, 0.2) is 0 Å². The van der Waals surface area contributed by atoms with E-state index in [1.165, 1.54) is 9.80 Å². The average Bonchev–Trinajstić information content (AvgIpc) is 4.04. The lowest BCUT2D eigenvalue weighted by molar-refractivity contribution is -0.138. The first kappa shape index (κ1) is 47.3. The lowest BCUT2D eigenvalue weighted by Crippen LogP contribution is -2.49. The number of hydrogen-bond acceptors (Lipinski definition) is 9. The molecule has 2 aliphatic heterocycles. The van der Waals surface area contributed by atoms with Crippen LogP contribution in [-0.2, 0) is 28.7 Å². The van der Waals surface area contributed by atoms with Gasteiger partial charge in [-0.3, -0.25) is 19.2 Å². The van der Waals surface area contributed by atoms with E-state index in [9.17, 15) is 28.8 Å². The maximum Gasteiger partial charge on any atom is 0.408 e. The molecule has 16 heteroatoms. The molecule has 3 heterocycles. The number of halogens is 1. The van der Waals surface area contributed by atoms with Gasteiger partial charge >= 0.3 is 12.2 Å². The van der Waals surface area contributed by atoms with Crippen molar-refractivity contribution < 1.29 is 42.7 Å². The second kappa shape index (κ2) is 19.8. The number of hydrogen-bond donors (Lipinski definition) is 4. The van der Waals surface area contributed by atoms with E-state index >= 15 is 0 Å². The number of nitrogens with one attached hydrogen (secondary N) is 4. The van der Waals surface area contributed by atoms with Gasteiger partial charge in [0.1, 0.15) is 46.7 Å². The summed E-state index contributed by atoms with van der Waals surface area (Å²) in [7, 11) is 0. The highest BCUT2D eigenvalue weighted by molar-refractivity contribution is 9.10. The van der Waals surface area contributed by atoms with Crippen molar-refractivity contribution in [1.82, 2.24) is 20.4 Å². The van der Waals surface area contributed by atoms with E-state index < -0.39 is 59.4 Å². The molecule has 4 atom stereocenters. The highest BCUT2D eigenvalue weighted by Crippen LogP contribution is 2.39. The summed E-state index contributed by atoms with van der Waals surface area (Å²) >= 11 is 3.70. The van der Waals surface area contributed by atoms with Crippen LogP contribution in [0.2, 0.25) is 0 Å². The molecule has 0 saturated carbocycles. The number of ether oxygens (including phenoxy) is 2. The van der Waals surface area contributed by atoms with Gasteiger partial charge in [-0.2, -0.15) is 0 Å². The van der Waals surface area contributed by atoms with Crippen molar-refractivity contribution in [2.75, 3.05) is 23.7 Å². The molecule has 66 heavy (non-hydrogen) atoms. The molecule has 6 amide bonds. The van der Waals surface area contributed by atoms with Crippen molar-refractivity contribution in [2.45, 2.75) is 103 Å². The van der Waals surface area contributed by atoms with Crippen LogP contribution in [0.5, 0.6) is 0 Å². The van der Waals surface area contributed by atoms with E-state index in [1.54, 1.807) is 133 Å². The quantitative estimate of drug-likeness (QED) is 0.100. The normalized spacial score (nSPS) is 17.1. The molecule has 1 aromatic heterocycles. The Morgan fingerprint density at radius 3 is 1.52 bits per heavy atom. The molecule has 346 valence electrons. The number of rotatable bonds is 11. The SMILES string of the molecule is CC(C)(C)OC(=O)N[C@H](C(=O)N1CCC[C@H]1C(=O)Nc1ccc(-c2oc3ccc(NC(=O)[C@@H]4CCCN4C(=O)[C@@H](NC(=O)OC(C)(C)C)c4ccccc4)cc3c2Br)cc1)c1ccccc1. The molecule has 15 nitrogen and oxygen atoms in total. The summed E-state index contributed by atoms with van der Waals surface area (Å²) in [5.74, 6) is -1.00. The summed E-state index contributed by atoms with van der Waals surface area (Å²) in [6.07, 6.45) is 0.654. The summed E-state index contributed by atoms with van der Waals surface area (Å²) in [6, 6.07) is 26.5. The van der Waals surface area contributed by atoms with E-state index in [1.807, 2.05) is 12.1 Å². The number of anilines is 2. The predicted molar refractivity (Wildman–Crippen MR) is 253 cm³/mol. The van der Waals surface area contributed by atoms with Crippen molar-refractivity contribution in [3.8, 4) is 11.3 Å². The van der Waals surface area contributed by atoms with Crippen molar-refractivity contribution in [1.29, 1.82) is 0 Å². The van der Waals surface area contributed by atoms with Crippen molar-refractivity contribution in [3.63, 3.8) is 0 Å². The fourth-order valence-electron chi connectivity index (χ4n) is 8.14. The molecule has 0 aliphatic carbocycles. The molecule has 2 saturated heterocycles. The first-order valence-electron chi connectivity index (χ1n) is 22.0. The number of likely N-dealkylation sites (tertiary alicyclic amines) is 2. The average molecular weight is 964 g/mol. The number of benzene rings is 4. The van der Waals surface area contributed by atoms with E-state index in [4.69, 9.17) is 13.9 Å².